The molecule has 0 aliphatic heterocycles. The molecule has 2 aromatic heterocycles. The molecule has 4 N–H and O–H groups in total. The number of amides is 1. The molecule has 6 nitrogen and oxygen atoms in total. The van der Waals surface area contributed by atoms with Crippen LogP contribution in [0.1, 0.15) is 37.3 Å². The fraction of sp³-hybridized carbons (Fsp3) is 0.238. The summed E-state index contributed by atoms with van der Waals surface area (Å²) >= 11 is 6.27. The molecule has 0 bridgehead atoms. The number of aromatic amines is 1. The Balaban J connectivity index is 1.80. The number of benzene rings is 1. The number of aromatic nitrogens is 2. The Bertz CT molecular complexity index is 1050. The molecule has 0 saturated carbocycles. The number of carbonyl (C=O) groups is 1. The summed E-state index contributed by atoms with van der Waals surface area (Å²) in [6.45, 7) is 3.01. The van der Waals surface area contributed by atoms with Crippen LogP contribution < -0.4 is 10.6 Å². The summed E-state index contributed by atoms with van der Waals surface area (Å²) in [6, 6.07) is 7.35. The Morgan fingerprint density at radius 1 is 1.38 bits per heavy atom. The molecule has 0 spiro atoms. The van der Waals surface area contributed by atoms with Crippen molar-refractivity contribution in [3.8, 4) is 11.1 Å². The van der Waals surface area contributed by atoms with Crippen molar-refractivity contribution in [3.63, 3.8) is 0 Å². The Morgan fingerprint density at radius 2 is 2.17 bits per heavy atom. The number of hydrogen-bond acceptors (Lipinski definition) is 4. The molecule has 29 heavy (non-hydrogen) atoms. The summed E-state index contributed by atoms with van der Waals surface area (Å²) in [5.41, 5.74) is 2.01. The van der Waals surface area contributed by atoms with Gasteiger partial charge in [0, 0.05) is 29.5 Å². The van der Waals surface area contributed by atoms with E-state index in [4.69, 9.17) is 13.0 Å². The average molecular weight is 418 g/mol. The minimum atomic E-state index is -0.919. The molecule has 0 saturated heterocycles. The molecule has 2 heterocycles. The first-order valence-electron chi connectivity index (χ1n) is 9.46. The molecule has 0 fully saturated rings. The van der Waals surface area contributed by atoms with Gasteiger partial charge in [0.1, 0.15) is 17.3 Å². The van der Waals surface area contributed by atoms with E-state index in [0.29, 0.717) is 27.5 Å². The number of pyridine rings is 1. The normalized spacial score (nSPS) is 12.9. The Labute approximate surface area is 174 Å². The van der Waals surface area contributed by atoms with Gasteiger partial charge in [0.15, 0.2) is 0 Å². The molecule has 8 heteroatoms. The van der Waals surface area contributed by atoms with Crippen LogP contribution in [0.2, 0.25) is 5.02 Å². The summed E-state index contributed by atoms with van der Waals surface area (Å²) in [7, 11) is 0. The van der Waals surface area contributed by atoms with E-state index < -0.39 is 23.8 Å². The quantitative estimate of drug-likeness (QED) is 0.464. The van der Waals surface area contributed by atoms with Crippen molar-refractivity contribution in [3.05, 3.63) is 70.9 Å². The van der Waals surface area contributed by atoms with Gasteiger partial charge in [-0.05, 0) is 43.7 Å². The highest BCUT2D eigenvalue weighted by molar-refractivity contribution is 6.33. The van der Waals surface area contributed by atoms with Gasteiger partial charge < -0.3 is 20.7 Å². The average Bonchev–Trinajstić information content (AvgIpc) is 3.16. The topological polar surface area (TPSA) is 90.0 Å². The molecule has 3 rings (SSSR count). The molecule has 0 radical (unpaired) electrons. The van der Waals surface area contributed by atoms with E-state index in [0.717, 1.165) is 0 Å². The van der Waals surface area contributed by atoms with Gasteiger partial charge in [0.25, 0.3) is 5.91 Å². The third kappa shape index (κ3) is 5.13. The van der Waals surface area contributed by atoms with Crippen LogP contribution in [-0.2, 0) is 0 Å². The van der Waals surface area contributed by atoms with Crippen molar-refractivity contribution in [2.24, 2.45) is 0 Å². The second-order valence-electron chi connectivity index (χ2n) is 6.74. The smallest absolute Gasteiger partial charge is 0.268 e. The van der Waals surface area contributed by atoms with Crippen molar-refractivity contribution in [2.75, 3.05) is 11.9 Å². The first-order valence-corrected chi connectivity index (χ1v) is 9.34. The number of anilines is 1. The summed E-state index contributed by atoms with van der Waals surface area (Å²) in [4.78, 5) is 19.7. The van der Waals surface area contributed by atoms with Crippen LogP contribution >= 0.6 is 11.6 Å². The highest BCUT2D eigenvalue weighted by Gasteiger charge is 2.18. The summed E-state index contributed by atoms with van der Waals surface area (Å²) < 4.78 is 21.4. The summed E-state index contributed by atoms with van der Waals surface area (Å²) in [5, 5.41) is 15.6. The minimum absolute atomic E-state index is 0.253. The van der Waals surface area contributed by atoms with Gasteiger partial charge in [-0.25, -0.2) is 9.37 Å². The van der Waals surface area contributed by atoms with Crippen LogP contribution in [0.5, 0.6) is 0 Å². The van der Waals surface area contributed by atoms with E-state index in [1.807, 2.05) is 0 Å². The first-order chi connectivity index (χ1) is 14.2. The van der Waals surface area contributed by atoms with Crippen LogP contribution in [-0.4, -0.2) is 33.6 Å². The van der Waals surface area contributed by atoms with E-state index in [2.05, 4.69) is 20.6 Å². The molecule has 152 valence electrons. The molecule has 0 unspecified atom stereocenters. The van der Waals surface area contributed by atoms with Gasteiger partial charge in [0.05, 0.1) is 19.0 Å². The van der Waals surface area contributed by atoms with Crippen molar-refractivity contribution < 1.29 is 15.7 Å². The lowest BCUT2D eigenvalue weighted by Crippen LogP contribution is -2.31. The van der Waals surface area contributed by atoms with Crippen molar-refractivity contribution in [1.82, 2.24) is 15.3 Å². The highest BCUT2D eigenvalue weighted by atomic mass is 35.5. The van der Waals surface area contributed by atoms with Gasteiger partial charge in [0.2, 0.25) is 0 Å². The van der Waals surface area contributed by atoms with Crippen molar-refractivity contribution in [1.29, 1.82) is 0 Å². The zero-order chi connectivity index (χ0) is 21.9. The molecule has 1 amide bonds. The fourth-order valence-corrected chi connectivity index (χ4v) is 3.07. The van der Waals surface area contributed by atoms with Gasteiger partial charge in [-0.3, -0.25) is 4.79 Å². The summed E-state index contributed by atoms with van der Waals surface area (Å²) in [6.07, 6.45) is 3.10. The SMILES string of the molecule is [2H]C(C)(C)Nc1cc(-c2c[nH]c(C(=O)N[C@H](CO)c3cccc(F)c3)c2)c(Cl)cn1. The number of aliphatic hydroxyl groups is 1. The van der Waals surface area contributed by atoms with Gasteiger partial charge in [-0.15, -0.1) is 0 Å². The van der Waals surface area contributed by atoms with Crippen LogP contribution in [0, 0.1) is 5.82 Å². The third-order valence-corrected chi connectivity index (χ3v) is 4.51. The lowest BCUT2D eigenvalue weighted by Gasteiger charge is -2.16. The van der Waals surface area contributed by atoms with E-state index in [9.17, 15) is 14.3 Å². The molecule has 1 atom stereocenters. The second kappa shape index (κ2) is 9.07. The number of halogens is 2. The zero-order valence-electron chi connectivity index (χ0n) is 17.0. The molecular formula is C21H22ClFN4O2. The molecule has 1 aromatic carbocycles. The second-order valence-corrected chi connectivity index (χ2v) is 7.15. The van der Waals surface area contributed by atoms with Crippen LogP contribution in [0.4, 0.5) is 10.2 Å². The highest BCUT2D eigenvalue weighted by Crippen LogP contribution is 2.30. The van der Waals surface area contributed by atoms with E-state index in [-0.39, 0.29) is 12.3 Å². The third-order valence-electron chi connectivity index (χ3n) is 4.21. The van der Waals surface area contributed by atoms with Crippen LogP contribution in [0.3, 0.4) is 0 Å². The zero-order valence-corrected chi connectivity index (χ0v) is 16.7. The largest absolute Gasteiger partial charge is 0.394 e. The standard InChI is InChI=1S/C21H22ClFN4O2/c1-12(2)26-20-8-16(17(22)10-25-20)14-7-18(24-9-14)21(29)27-19(11-28)13-4-3-5-15(23)6-13/h3-10,12,19,24,28H,11H2,1-2H3,(H,25,26)(H,27,29)/t19-/m1/s1/i12D. The van der Waals surface area contributed by atoms with Gasteiger partial charge >= 0.3 is 0 Å². The van der Waals surface area contributed by atoms with Gasteiger partial charge in [-0.1, -0.05) is 23.7 Å². The molecule has 0 aliphatic rings. The number of aliphatic hydroxyl groups excluding tert-OH is 1. The van der Waals surface area contributed by atoms with Crippen molar-refractivity contribution >= 4 is 23.3 Å². The maximum atomic E-state index is 13.5. The maximum absolute atomic E-state index is 13.5. The predicted molar refractivity (Wildman–Crippen MR) is 111 cm³/mol. The Morgan fingerprint density at radius 3 is 2.86 bits per heavy atom. The first kappa shape index (κ1) is 19.4. The van der Waals surface area contributed by atoms with E-state index in [1.165, 1.54) is 24.4 Å². The predicted octanol–water partition coefficient (Wildman–Crippen LogP) is 4.15. The maximum Gasteiger partial charge on any atom is 0.268 e. The van der Waals surface area contributed by atoms with E-state index in [1.54, 1.807) is 38.2 Å². The number of rotatable bonds is 7. The van der Waals surface area contributed by atoms with E-state index >= 15 is 0 Å². The van der Waals surface area contributed by atoms with Crippen LogP contribution in [0.25, 0.3) is 11.1 Å². The number of carbonyl (C=O) groups excluding carboxylic acids is 1. The number of nitrogens with one attached hydrogen (secondary N) is 3. The fourth-order valence-electron chi connectivity index (χ4n) is 2.86. The Hall–Kier alpha value is -2.90. The molecule has 3 aromatic rings. The summed E-state index contributed by atoms with van der Waals surface area (Å²) in [5.74, 6) is -0.427. The number of hydrogen-bond donors (Lipinski definition) is 4. The monoisotopic (exact) mass is 417 g/mol. The number of nitrogens with zero attached hydrogens (tertiary/aromatic N) is 1. The number of H-pyrrole nitrogens is 1. The minimum Gasteiger partial charge on any atom is -0.394 e. The lowest BCUT2D eigenvalue weighted by atomic mass is 10.1. The Kier molecular flexibility index (Phi) is 6.07. The van der Waals surface area contributed by atoms with Gasteiger partial charge in [-0.2, -0.15) is 0 Å². The molecular weight excluding hydrogens is 395 g/mol. The van der Waals surface area contributed by atoms with Crippen molar-refractivity contribution in [2.45, 2.75) is 25.9 Å². The lowest BCUT2D eigenvalue weighted by molar-refractivity contribution is 0.0911. The van der Waals surface area contributed by atoms with Crippen LogP contribution in [0.15, 0.2) is 48.8 Å². The molecule has 0 aliphatic carbocycles.